The molecular formula is C31H22ClF4N3O4. The van der Waals surface area contributed by atoms with E-state index in [0.29, 0.717) is 36.1 Å². The predicted molar refractivity (Wildman–Crippen MR) is 149 cm³/mol. The highest BCUT2D eigenvalue weighted by Crippen LogP contribution is 2.30. The number of ether oxygens (including phenoxy) is 2. The van der Waals surface area contributed by atoms with Crippen LogP contribution in [0.15, 0.2) is 60.7 Å². The minimum atomic E-state index is -1.10. The van der Waals surface area contributed by atoms with Crippen molar-refractivity contribution in [1.29, 1.82) is 0 Å². The third kappa shape index (κ3) is 5.91. The molecule has 7 nitrogen and oxygen atoms in total. The molecule has 0 spiro atoms. The molecule has 0 bridgehead atoms. The van der Waals surface area contributed by atoms with Gasteiger partial charge < -0.3 is 19.1 Å². The summed E-state index contributed by atoms with van der Waals surface area (Å²) in [6.07, 6.45) is 0.810. The zero-order valence-corrected chi connectivity index (χ0v) is 23.0. The Balaban J connectivity index is 1.28. The molecular weight excluding hydrogens is 590 g/mol. The van der Waals surface area contributed by atoms with E-state index in [2.05, 4.69) is 9.97 Å². The largest absolute Gasteiger partial charge is 0.478 e. The SMILES string of the molecule is O=C(O)c1ccc2nc(Cc3ccc(-c4nc(OCc5ccc(Cl)cc5F)c(F)cc4F)cc3F)n(C[C@@H]3CCO3)c2c1. The van der Waals surface area contributed by atoms with E-state index in [1.165, 1.54) is 36.4 Å². The van der Waals surface area contributed by atoms with Crippen LogP contribution in [0.4, 0.5) is 17.6 Å². The van der Waals surface area contributed by atoms with Crippen molar-refractivity contribution in [2.45, 2.75) is 32.1 Å². The van der Waals surface area contributed by atoms with Crippen molar-refractivity contribution in [3.05, 3.63) is 111 Å². The van der Waals surface area contributed by atoms with E-state index < -0.39 is 41.7 Å². The zero-order chi connectivity index (χ0) is 30.2. The lowest BCUT2D eigenvalue weighted by molar-refractivity contribution is -0.0589. The maximum atomic E-state index is 15.4. The van der Waals surface area contributed by atoms with Crippen LogP contribution in [0, 0.1) is 23.3 Å². The normalized spacial score (nSPS) is 14.6. The minimum Gasteiger partial charge on any atom is -0.478 e. The first-order valence-corrected chi connectivity index (χ1v) is 13.6. The molecule has 3 heterocycles. The number of rotatable bonds is 9. The fourth-order valence-corrected chi connectivity index (χ4v) is 4.98. The van der Waals surface area contributed by atoms with Crippen LogP contribution < -0.4 is 4.74 Å². The van der Waals surface area contributed by atoms with E-state index >= 15 is 4.39 Å². The monoisotopic (exact) mass is 611 g/mol. The third-order valence-electron chi connectivity index (χ3n) is 7.21. The van der Waals surface area contributed by atoms with Crippen molar-refractivity contribution < 1.29 is 36.9 Å². The van der Waals surface area contributed by atoms with Gasteiger partial charge in [-0.25, -0.2) is 32.3 Å². The van der Waals surface area contributed by atoms with Gasteiger partial charge in [-0.3, -0.25) is 0 Å². The van der Waals surface area contributed by atoms with Crippen molar-refractivity contribution in [2.75, 3.05) is 6.61 Å². The Kier molecular flexibility index (Phi) is 7.76. The van der Waals surface area contributed by atoms with Gasteiger partial charge in [0.2, 0.25) is 0 Å². The molecule has 6 rings (SSSR count). The number of aromatic nitrogens is 3. The van der Waals surface area contributed by atoms with Gasteiger partial charge in [0.05, 0.1) is 29.2 Å². The lowest BCUT2D eigenvalue weighted by atomic mass is 10.0. The summed E-state index contributed by atoms with van der Waals surface area (Å²) in [6.45, 7) is 0.649. The average molecular weight is 612 g/mol. The Morgan fingerprint density at radius 1 is 0.953 bits per heavy atom. The van der Waals surface area contributed by atoms with Gasteiger partial charge in [0.15, 0.2) is 11.6 Å². The summed E-state index contributed by atoms with van der Waals surface area (Å²) in [7, 11) is 0. The Hall–Kier alpha value is -4.48. The zero-order valence-electron chi connectivity index (χ0n) is 22.3. The van der Waals surface area contributed by atoms with Crippen molar-refractivity contribution in [3.63, 3.8) is 0 Å². The molecule has 0 unspecified atom stereocenters. The standard InChI is InChI=1S/C31H22ClF4N3O4/c32-20-5-3-19(23(34)12-20)15-43-30-25(36)13-24(35)29(38-30)17-2-1-16(22(33)9-17)11-28-37-26-6-4-18(31(40)41)10-27(26)39(28)14-21-7-8-42-21/h1-6,9-10,12-13,21H,7-8,11,14-15H2,(H,40,41)/t21-/m0/s1. The Morgan fingerprint density at radius 3 is 2.42 bits per heavy atom. The van der Waals surface area contributed by atoms with Crippen LogP contribution in [0.25, 0.3) is 22.3 Å². The van der Waals surface area contributed by atoms with Crippen LogP contribution in [-0.4, -0.2) is 38.3 Å². The van der Waals surface area contributed by atoms with Gasteiger partial charge in [0, 0.05) is 35.2 Å². The van der Waals surface area contributed by atoms with E-state index in [-0.39, 0.29) is 45.5 Å². The van der Waals surface area contributed by atoms with Crippen molar-refractivity contribution in [2.24, 2.45) is 0 Å². The highest BCUT2D eigenvalue weighted by molar-refractivity contribution is 6.30. The minimum absolute atomic E-state index is 0.0312. The highest BCUT2D eigenvalue weighted by Gasteiger charge is 2.23. The number of fused-ring (bicyclic) bond motifs is 1. The number of hydrogen-bond acceptors (Lipinski definition) is 5. The lowest BCUT2D eigenvalue weighted by Gasteiger charge is -2.27. The topological polar surface area (TPSA) is 86.5 Å². The third-order valence-corrected chi connectivity index (χ3v) is 7.44. The molecule has 3 aromatic carbocycles. The quantitative estimate of drug-likeness (QED) is 0.181. The molecule has 43 heavy (non-hydrogen) atoms. The summed E-state index contributed by atoms with van der Waals surface area (Å²) in [6, 6.07) is 13.0. The number of halogens is 5. The lowest BCUT2D eigenvalue weighted by Crippen LogP contribution is -2.31. The van der Waals surface area contributed by atoms with E-state index in [4.69, 9.17) is 21.1 Å². The summed E-state index contributed by atoms with van der Waals surface area (Å²) >= 11 is 5.75. The van der Waals surface area contributed by atoms with Gasteiger partial charge in [-0.05, 0) is 48.4 Å². The number of carboxylic acid groups (broad SMARTS) is 1. The van der Waals surface area contributed by atoms with Crippen LogP contribution in [0.3, 0.4) is 0 Å². The number of carbonyl (C=O) groups is 1. The first-order chi connectivity index (χ1) is 20.7. The van der Waals surface area contributed by atoms with Gasteiger partial charge in [-0.2, -0.15) is 0 Å². The van der Waals surface area contributed by atoms with Gasteiger partial charge in [0.25, 0.3) is 5.88 Å². The maximum absolute atomic E-state index is 15.4. The van der Waals surface area contributed by atoms with E-state index in [1.54, 1.807) is 6.07 Å². The number of carboxylic acids is 1. The number of benzene rings is 3. The van der Waals surface area contributed by atoms with Crippen LogP contribution in [0.2, 0.25) is 5.02 Å². The molecule has 1 saturated heterocycles. The molecule has 0 saturated carbocycles. The Bertz CT molecular complexity index is 1880. The van der Waals surface area contributed by atoms with Gasteiger partial charge >= 0.3 is 5.97 Å². The molecule has 220 valence electrons. The van der Waals surface area contributed by atoms with Gasteiger partial charge in [0.1, 0.15) is 29.8 Å². The highest BCUT2D eigenvalue weighted by atomic mass is 35.5. The molecule has 1 N–H and O–H groups in total. The van der Waals surface area contributed by atoms with Crippen LogP contribution in [0.5, 0.6) is 5.88 Å². The molecule has 5 aromatic rings. The van der Waals surface area contributed by atoms with Crippen LogP contribution in [0.1, 0.15) is 33.7 Å². The number of imidazole rings is 1. The maximum Gasteiger partial charge on any atom is 0.335 e. The molecule has 0 radical (unpaired) electrons. The molecule has 12 heteroatoms. The Morgan fingerprint density at radius 2 is 1.72 bits per heavy atom. The van der Waals surface area contributed by atoms with Gasteiger partial charge in [-0.1, -0.05) is 29.8 Å². The fourth-order valence-electron chi connectivity index (χ4n) is 4.82. The van der Waals surface area contributed by atoms with E-state index in [0.717, 1.165) is 18.6 Å². The Labute approximate surface area is 247 Å². The second-order valence-corrected chi connectivity index (χ2v) is 10.5. The van der Waals surface area contributed by atoms with Crippen LogP contribution >= 0.6 is 11.6 Å². The molecule has 1 aliphatic rings. The summed E-state index contributed by atoms with van der Waals surface area (Å²) in [5, 5.41) is 9.62. The number of pyridine rings is 1. The first-order valence-electron chi connectivity index (χ1n) is 13.2. The number of nitrogens with zero attached hydrogens (tertiary/aromatic N) is 3. The smallest absolute Gasteiger partial charge is 0.335 e. The summed E-state index contributed by atoms with van der Waals surface area (Å²) < 4.78 is 71.5. The summed E-state index contributed by atoms with van der Waals surface area (Å²) in [4.78, 5) is 20.1. The van der Waals surface area contributed by atoms with Crippen molar-refractivity contribution >= 4 is 28.6 Å². The van der Waals surface area contributed by atoms with Crippen LogP contribution in [-0.2, 0) is 24.3 Å². The fraction of sp³-hybridized carbons (Fsp3) is 0.194. The molecule has 0 amide bonds. The summed E-state index contributed by atoms with van der Waals surface area (Å²) in [5.41, 5.74) is 1.25. The van der Waals surface area contributed by atoms with Gasteiger partial charge in [-0.15, -0.1) is 0 Å². The molecule has 1 atom stereocenters. The second kappa shape index (κ2) is 11.7. The van der Waals surface area contributed by atoms with E-state index in [1.807, 2.05) is 4.57 Å². The molecule has 1 aliphatic heterocycles. The molecule has 2 aromatic heterocycles. The number of hydrogen-bond donors (Lipinski definition) is 1. The molecule has 0 aliphatic carbocycles. The van der Waals surface area contributed by atoms with Crippen molar-refractivity contribution in [3.8, 4) is 17.1 Å². The predicted octanol–water partition coefficient (Wildman–Crippen LogP) is 6.97. The van der Waals surface area contributed by atoms with E-state index in [9.17, 15) is 23.1 Å². The first kappa shape index (κ1) is 28.6. The average Bonchev–Trinajstić information content (AvgIpc) is 3.28. The number of aromatic carboxylic acids is 1. The summed E-state index contributed by atoms with van der Waals surface area (Å²) in [5.74, 6) is -4.65. The van der Waals surface area contributed by atoms with Crippen molar-refractivity contribution in [1.82, 2.24) is 14.5 Å². The molecule has 1 fully saturated rings. The second-order valence-electron chi connectivity index (χ2n) is 10.0.